The molecule has 0 fully saturated rings. The van der Waals surface area contributed by atoms with E-state index >= 15 is 0 Å². The van der Waals surface area contributed by atoms with E-state index in [0.29, 0.717) is 6.54 Å². The van der Waals surface area contributed by atoms with Gasteiger partial charge in [-0.15, -0.1) is 4.91 Å². The fourth-order valence-corrected chi connectivity index (χ4v) is 0.270. The fourth-order valence-electron chi connectivity index (χ4n) is 0.270. The summed E-state index contributed by atoms with van der Waals surface area (Å²) in [6, 6.07) is 0. The van der Waals surface area contributed by atoms with Crippen molar-refractivity contribution in [2.45, 2.75) is 13.3 Å². The molecule has 0 saturated carbocycles. The molecule has 0 amide bonds. The van der Waals surface area contributed by atoms with Crippen molar-refractivity contribution >= 4 is 0 Å². The first kappa shape index (κ1) is 6.36. The lowest BCUT2D eigenvalue weighted by atomic mass is 10.5. The SMILES string of the molecule is CCCN(N)N=O. The van der Waals surface area contributed by atoms with Gasteiger partial charge < -0.3 is 0 Å². The Morgan fingerprint density at radius 3 is 2.57 bits per heavy atom. The molecule has 0 saturated heterocycles. The van der Waals surface area contributed by atoms with Crippen molar-refractivity contribution in [2.24, 2.45) is 11.1 Å². The van der Waals surface area contributed by atoms with Crippen molar-refractivity contribution in [2.75, 3.05) is 6.54 Å². The molecule has 4 heteroatoms. The summed E-state index contributed by atoms with van der Waals surface area (Å²) in [5, 5.41) is 3.31. The lowest BCUT2D eigenvalue weighted by Crippen LogP contribution is -2.24. The molecule has 0 aliphatic carbocycles. The normalized spacial score (nSPS) is 8.29. The largest absolute Gasteiger partial charge is 0.229 e. The molecule has 0 aromatic carbocycles. The first-order valence-corrected chi connectivity index (χ1v) is 2.16. The van der Waals surface area contributed by atoms with Crippen LogP contribution in [0.25, 0.3) is 0 Å². The molecule has 0 rings (SSSR count). The quantitative estimate of drug-likeness (QED) is 0.316. The third kappa shape index (κ3) is 3.18. The molecule has 0 aliphatic rings. The standard InChI is InChI=1S/C3H9N3O/c1-2-3-6(4)5-7/h2-4H2,1H3. The van der Waals surface area contributed by atoms with Crippen LogP contribution in [0.2, 0.25) is 0 Å². The molecule has 7 heavy (non-hydrogen) atoms. The van der Waals surface area contributed by atoms with Gasteiger partial charge in [0.05, 0.1) is 11.8 Å². The number of nitroso groups, excluding NO2 is 1. The minimum Gasteiger partial charge on any atom is -0.229 e. The Hall–Kier alpha value is -0.640. The lowest BCUT2D eigenvalue weighted by molar-refractivity contribution is 0.295. The molecule has 42 valence electrons. The monoisotopic (exact) mass is 103 g/mol. The number of hydrogen-bond acceptors (Lipinski definition) is 3. The van der Waals surface area contributed by atoms with E-state index in [0.717, 1.165) is 11.5 Å². The fraction of sp³-hybridized carbons (Fsp3) is 1.00. The maximum atomic E-state index is 9.45. The molecule has 0 bridgehead atoms. The highest BCUT2D eigenvalue weighted by molar-refractivity contribution is 4.33. The second-order valence-corrected chi connectivity index (χ2v) is 1.24. The highest BCUT2D eigenvalue weighted by Gasteiger charge is 1.86. The highest BCUT2D eigenvalue weighted by Crippen LogP contribution is 1.79. The zero-order chi connectivity index (χ0) is 5.70. The number of hydrazine groups is 1. The van der Waals surface area contributed by atoms with Gasteiger partial charge in [0.25, 0.3) is 0 Å². The molecule has 0 radical (unpaired) electrons. The minimum atomic E-state index is 0.531. The summed E-state index contributed by atoms with van der Waals surface area (Å²) in [4.78, 5) is 9.45. The average Bonchev–Trinajstić information content (AvgIpc) is 1.68. The van der Waals surface area contributed by atoms with E-state index in [4.69, 9.17) is 5.84 Å². The highest BCUT2D eigenvalue weighted by atomic mass is 16.3. The summed E-state index contributed by atoms with van der Waals surface area (Å²) < 4.78 is 0. The molecule has 0 atom stereocenters. The van der Waals surface area contributed by atoms with Crippen molar-refractivity contribution < 1.29 is 0 Å². The second kappa shape index (κ2) is 3.55. The maximum absolute atomic E-state index is 9.45. The van der Waals surface area contributed by atoms with Crippen molar-refractivity contribution in [1.82, 2.24) is 5.12 Å². The smallest absolute Gasteiger partial charge is 0.0681 e. The first-order valence-electron chi connectivity index (χ1n) is 2.16. The number of nitrogens with zero attached hydrogens (tertiary/aromatic N) is 2. The van der Waals surface area contributed by atoms with Gasteiger partial charge in [0.15, 0.2) is 0 Å². The van der Waals surface area contributed by atoms with Gasteiger partial charge in [-0.2, -0.15) is 5.12 Å². The second-order valence-electron chi connectivity index (χ2n) is 1.24. The van der Waals surface area contributed by atoms with Gasteiger partial charge in [-0.3, -0.25) is 0 Å². The molecular formula is C3H9N3O. The molecule has 2 N–H and O–H groups in total. The Kier molecular flexibility index (Phi) is 3.22. The van der Waals surface area contributed by atoms with Gasteiger partial charge in [-0.25, -0.2) is 5.84 Å². The molecule has 0 aliphatic heterocycles. The van der Waals surface area contributed by atoms with Crippen LogP contribution in [0, 0.1) is 4.91 Å². The molecule has 0 aromatic heterocycles. The molecule has 0 heterocycles. The Balaban J connectivity index is 2.98. The van der Waals surface area contributed by atoms with Crippen LogP contribution in [0.5, 0.6) is 0 Å². The van der Waals surface area contributed by atoms with Crippen LogP contribution in [0.3, 0.4) is 0 Å². The van der Waals surface area contributed by atoms with E-state index in [2.05, 4.69) is 5.29 Å². The predicted octanol–water partition coefficient (Wildman–Crippen LogP) is 0.254. The van der Waals surface area contributed by atoms with E-state index in [1.54, 1.807) is 0 Å². The summed E-state index contributed by atoms with van der Waals surface area (Å²) in [7, 11) is 0. The summed E-state index contributed by atoms with van der Waals surface area (Å²) in [6.07, 6.45) is 0.849. The van der Waals surface area contributed by atoms with Gasteiger partial charge in [-0.1, -0.05) is 6.92 Å². The van der Waals surface area contributed by atoms with Crippen LogP contribution in [0.4, 0.5) is 0 Å². The Labute approximate surface area is 42.2 Å². The van der Waals surface area contributed by atoms with Crippen LogP contribution in [-0.2, 0) is 0 Å². The van der Waals surface area contributed by atoms with E-state index in [9.17, 15) is 4.91 Å². The maximum Gasteiger partial charge on any atom is 0.0681 e. The lowest BCUT2D eigenvalue weighted by Gasteiger charge is -2.02. The summed E-state index contributed by atoms with van der Waals surface area (Å²) in [5.74, 6) is 4.94. The van der Waals surface area contributed by atoms with Gasteiger partial charge in [0.2, 0.25) is 0 Å². The number of nitrogens with two attached hydrogens (primary N) is 1. The van der Waals surface area contributed by atoms with Crippen LogP contribution in [0.15, 0.2) is 5.29 Å². The molecule has 4 nitrogen and oxygen atoms in total. The molecular weight excluding hydrogens is 94.1 g/mol. The van der Waals surface area contributed by atoms with Gasteiger partial charge >= 0.3 is 0 Å². The summed E-state index contributed by atoms with van der Waals surface area (Å²) in [5.41, 5.74) is 0. The van der Waals surface area contributed by atoms with Gasteiger partial charge in [-0.05, 0) is 6.42 Å². The van der Waals surface area contributed by atoms with E-state index in [1.807, 2.05) is 6.92 Å². The van der Waals surface area contributed by atoms with E-state index in [1.165, 1.54) is 0 Å². The third-order valence-electron chi connectivity index (χ3n) is 0.558. The summed E-state index contributed by atoms with van der Waals surface area (Å²) in [6.45, 7) is 2.45. The Morgan fingerprint density at radius 2 is 2.43 bits per heavy atom. The van der Waals surface area contributed by atoms with Crippen LogP contribution >= 0.6 is 0 Å². The van der Waals surface area contributed by atoms with Crippen LogP contribution in [0.1, 0.15) is 13.3 Å². The molecule has 0 aromatic rings. The van der Waals surface area contributed by atoms with Gasteiger partial charge in [0, 0.05) is 0 Å². The zero-order valence-corrected chi connectivity index (χ0v) is 4.29. The van der Waals surface area contributed by atoms with Crippen molar-refractivity contribution in [3.63, 3.8) is 0 Å². The number of rotatable bonds is 3. The Bertz CT molecular complexity index is 56.1. The first-order chi connectivity index (χ1) is 3.31. The topological polar surface area (TPSA) is 58.7 Å². The van der Waals surface area contributed by atoms with Crippen molar-refractivity contribution in [1.29, 1.82) is 0 Å². The molecule has 0 unspecified atom stereocenters. The average molecular weight is 103 g/mol. The van der Waals surface area contributed by atoms with Gasteiger partial charge in [0.1, 0.15) is 0 Å². The van der Waals surface area contributed by atoms with Crippen LogP contribution in [-0.4, -0.2) is 11.7 Å². The van der Waals surface area contributed by atoms with Crippen molar-refractivity contribution in [3.8, 4) is 0 Å². The summed E-state index contributed by atoms with van der Waals surface area (Å²) >= 11 is 0. The zero-order valence-electron chi connectivity index (χ0n) is 4.29. The third-order valence-corrected chi connectivity index (χ3v) is 0.558. The predicted molar refractivity (Wildman–Crippen MR) is 27.0 cm³/mol. The minimum absolute atomic E-state index is 0.531. The number of hydrogen-bond donors (Lipinski definition) is 1. The van der Waals surface area contributed by atoms with Crippen molar-refractivity contribution in [3.05, 3.63) is 4.91 Å². The molecule has 0 spiro atoms. The van der Waals surface area contributed by atoms with E-state index < -0.39 is 0 Å². The van der Waals surface area contributed by atoms with Crippen LogP contribution < -0.4 is 5.84 Å². The Morgan fingerprint density at radius 1 is 1.86 bits per heavy atom. The van der Waals surface area contributed by atoms with E-state index in [-0.39, 0.29) is 0 Å².